The zero-order valence-corrected chi connectivity index (χ0v) is 10.3. The molecule has 1 aliphatic rings. The van der Waals surface area contributed by atoms with Gasteiger partial charge in [-0.25, -0.2) is 4.98 Å². The molecule has 0 bridgehead atoms. The summed E-state index contributed by atoms with van der Waals surface area (Å²) in [7, 11) is 0. The van der Waals surface area contributed by atoms with E-state index >= 15 is 0 Å². The van der Waals surface area contributed by atoms with Gasteiger partial charge in [0, 0.05) is 19.1 Å². The van der Waals surface area contributed by atoms with Crippen LogP contribution in [0.4, 0.5) is 5.69 Å². The number of anilines is 1. The van der Waals surface area contributed by atoms with Crippen molar-refractivity contribution in [1.82, 2.24) is 4.98 Å². The van der Waals surface area contributed by atoms with E-state index in [9.17, 15) is 0 Å². The third-order valence-corrected chi connectivity index (χ3v) is 3.54. The number of piperidine rings is 1. The standard InChI is InChI=1S/C13H18N4/c1-13(2)9-17(6-5-12(13)15)11-4-3-10(7-14)16-8-11/h3-4,8,12H,5-6,9,15H2,1-2H3. The molecule has 2 heterocycles. The van der Waals surface area contributed by atoms with Gasteiger partial charge in [0.15, 0.2) is 0 Å². The molecule has 0 aliphatic carbocycles. The van der Waals surface area contributed by atoms with Crippen LogP contribution in [0.3, 0.4) is 0 Å². The van der Waals surface area contributed by atoms with Crippen molar-refractivity contribution >= 4 is 5.69 Å². The maximum absolute atomic E-state index is 8.71. The molecule has 0 saturated carbocycles. The minimum Gasteiger partial charge on any atom is -0.370 e. The van der Waals surface area contributed by atoms with Crippen molar-refractivity contribution in [2.75, 3.05) is 18.0 Å². The molecule has 1 unspecified atom stereocenters. The minimum absolute atomic E-state index is 0.117. The van der Waals surface area contributed by atoms with Crippen LogP contribution < -0.4 is 10.6 Å². The largest absolute Gasteiger partial charge is 0.370 e. The van der Waals surface area contributed by atoms with Crippen LogP contribution in [0.1, 0.15) is 26.0 Å². The van der Waals surface area contributed by atoms with Crippen molar-refractivity contribution in [3.8, 4) is 6.07 Å². The first-order chi connectivity index (χ1) is 8.03. The average molecular weight is 230 g/mol. The maximum atomic E-state index is 8.71. The molecule has 1 atom stereocenters. The summed E-state index contributed by atoms with van der Waals surface area (Å²) in [5, 5.41) is 8.71. The molecule has 4 heteroatoms. The van der Waals surface area contributed by atoms with Crippen molar-refractivity contribution in [1.29, 1.82) is 5.26 Å². The SMILES string of the molecule is CC1(C)CN(c2ccc(C#N)nc2)CCC1N. The van der Waals surface area contributed by atoms with Gasteiger partial charge in [0.1, 0.15) is 11.8 Å². The van der Waals surface area contributed by atoms with Crippen LogP contribution in [-0.2, 0) is 0 Å². The van der Waals surface area contributed by atoms with E-state index in [4.69, 9.17) is 11.0 Å². The number of hydrogen-bond donors (Lipinski definition) is 1. The van der Waals surface area contributed by atoms with E-state index in [0.717, 1.165) is 25.2 Å². The summed E-state index contributed by atoms with van der Waals surface area (Å²) < 4.78 is 0. The Balaban J connectivity index is 2.15. The molecule has 1 fully saturated rings. The second-order valence-electron chi connectivity index (χ2n) is 5.32. The monoisotopic (exact) mass is 230 g/mol. The van der Waals surface area contributed by atoms with Gasteiger partial charge in [-0.3, -0.25) is 0 Å². The molecule has 1 aromatic heterocycles. The molecule has 2 N–H and O–H groups in total. The molecule has 0 amide bonds. The predicted molar refractivity (Wildman–Crippen MR) is 67.5 cm³/mol. The molecule has 0 spiro atoms. The fraction of sp³-hybridized carbons (Fsp3) is 0.538. The lowest BCUT2D eigenvalue weighted by Gasteiger charge is -2.43. The number of hydrogen-bond acceptors (Lipinski definition) is 4. The van der Waals surface area contributed by atoms with Gasteiger partial charge >= 0.3 is 0 Å². The van der Waals surface area contributed by atoms with E-state index in [1.54, 1.807) is 12.3 Å². The third kappa shape index (κ3) is 2.40. The van der Waals surface area contributed by atoms with Crippen LogP contribution in [0.5, 0.6) is 0 Å². The van der Waals surface area contributed by atoms with E-state index in [2.05, 4.69) is 23.7 Å². The van der Waals surface area contributed by atoms with Gasteiger partial charge < -0.3 is 10.6 Å². The quantitative estimate of drug-likeness (QED) is 0.794. The van der Waals surface area contributed by atoms with Gasteiger partial charge in [0.2, 0.25) is 0 Å². The zero-order valence-electron chi connectivity index (χ0n) is 10.3. The fourth-order valence-corrected chi connectivity index (χ4v) is 2.23. The van der Waals surface area contributed by atoms with Gasteiger partial charge in [-0.1, -0.05) is 13.8 Å². The molecule has 1 saturated heterocycles. The lowest BCUT2D eigenvalue weighted by Crippen LogP contribution is -2.52. The van der Waals surface area contributed by atoms with Gasteiger partial charge in [0.25, 0.3) is 0 Å². The molecule has 17 heavy (non-hydrogen) atoms. The molecular weight excluding hydrogens is 212 g/mol. The lowest BCUT2D eigenvalue weighted by atomic mass is 9.79. The molecule has 4 nitrogen and oxygen atoms in total. The van der Waals surface area contributed by atoms with Crippen molar-refractivity contribution < 1.29 is 0 Å². The number of aromatic nitrogens is 1. The average Bonchev–Trinajstić information content (AvgIpc) is 2.33. The highest BCUT2D eigenvalue weighted by Gasteiger charge is 2.33. The molecule has 2 rings (SSSR count). The molecule has 0 aromatic carbocycles. The van der Waals surface area contributed by atoms with E-state index in [1.807, 2.05) is 12.1 Å². The summed E-state index contributed by atoms with van der Waals surface area (Å²) in [5.74, 6) is 0. The van der Waals surface area contributed by atoms with Gasteiger partial charge in [0.05, 0.1) is 11.9 Å². The predicted octanol–water partition coefficient (Wildman–Crippen LogP) is 1.52. The number of rotatable bonds is 1. The Kier molecular flexibility index (Phi) is 3.03. The number of nitrogens with two attached hydrogens (primary N) is 1. The Hall–Kier alpha value is -1.60. The van der Waals surface area contributed by atoms with Gasteiger partial charge in [-0.2, -0.15) is 5.26 Å². The Bertz CT molecular complexity index is 430. The number of nitriles is 1. The van der Waals surface area contributed by atoms with E-state index in [1.165, 1.54) is 0 Å². The Morgan fingerprint density at radius 2 is 2.29 bits per heavy atom. The van der Waals surface area contributed by atoms with Crippen LogP contribution in [0, 0.1) is 16.7 Å². The summed E-state index contributed by atoms with van der Waals surface area (Å²) in [4.78, 5) is 6.39. The number of pyridine rings is 1. The van der Waals surface area contributed by atoms with Gasteiger partial charge in [-0.15, -0.1) is 0 Å². The molecule has 1 aromatic rings. The minimum atomic E-state index is 0.117. The van der Waals surface area contributed by atoms with Crippen molar-refractivity contribution in [2.24, 2.45) is 11.1 Å². The highest BCUT2D eigenvalue weighted by molar-refractivity contribution is 5.46. The molecular formula is C13H18N4. The van der Waals surface area contributed by atoms with E-state index in [0.29, 0.717) is 5.69 Å². The first-order valence-corrected chi connectivity index (χ1v) is 5.89. The second-order valence-corrected chi connectivity index (χ2v) is 5.32. The normalized spacial score (nSPS) is 23.2. The van der Waals surface area contributed by atoms with E-state index in [-0.39, 0.29) is 11.5 Å². The molecule has 90 valence electrons. The Morgan fingerprint density at radius 1 is 1.53 bits per heavy atom. The van der Waals surface area contributed by atoms with Crippen LogP contribution in [0.15, 0.2) is 18.3 Å². The highest BCUT2D eigenvalue weighted by Crippen LogP contribution is 2.30. The fourth-order valence-electron chi connectivity index (χ4n) is 2.23. The Morgan fingerprint density at radius 3 is 2.82 bits per heavy atom. The summed E-state index contributed by atoms with van der Waals surface area (Å²) >= 11 is 0. The Labute approximate surface area is 102 Å². The summed E-state index contributed by atoms with van der Waals surface area (Å²) in [5.41, 5.74) is 7.76. The third-order valence-electron chi connectivity index (χ3n) is 3.54. The number of nitrogens with zero attached hydrogens (tertiary/aromatic N) is 3. The summed E-state index contributed by atoms with van der Waals surface area (Å²) in [6.45, 7) is 6.28. The van der Waals surface area contributed by atoms with Crippen LogP contribution in [0.25, 0.3) is 0 Å². The molecule has 0 radical (unpaired) electrons. The van der Waals surface area contributed by atoms with Crippen molar-refractivity contribution in [2.45, 2.75) is 26.3 Å². The van der Waals surface area contributed by atoms with Crippen LogP contribution >= 0.6 is 0 Å². The highest BCUT2D eigenvalue weighted by atomic mass is 15.2. The second kappa shape index (κ2) is 4.34. The topological polar surface area (TPSA) is 65.9 Å². The van der Waals surface area contributed by atoms with Gasteiger partial charge in [-0.05, 0) is 24.0 Å². The van der Waals surface area contributed by atoms with Crippen LogP contribution in [-0.4, -0.2) is 24.1 Å². The first-order valence-electron chi connectivity index (χ1n) is 5.89. The summed E-state index contributed by atoms with van der Waals surface area (Å²) in [6, 6.07) is 6.00. The van der Waals surface area contributed by atoms with E-state index < -0.39 is 0 Å². The van der Waals surface area contributed by atoms with Crippen molar-refractivity contribution in [3.63, 3.8) is 0 Å². The lowest BCUT2D eigenvalue weighted by molar-refractivity contribution is 0.245. The van der Waals surface area contributed by atoms with Crippen LogP contribution in [0.2, 0.25) is 0 Å². The smallest absolute Gasteiger partial charge is 0.140 e. The maximum Gasteiger partial charge on any atom is 0.140 e. The zero-order chi connectivity index (χ0) is 12.5. The summed E-state index contributed by atoms with van der Waals surface area (Å²) in [6.07, 6.45) is 2.76. The van der Waals surface area contributed by atoms with Crippen molar-refractivity contribution in [3.05, 3.63) is 24.0 Å². The first kappa shape index (κ1) is 11.9. The molecule has 1 aliphatic heterocycles.